The van der Waals surface area contributed by atoms with E-state index in [1.165, 1.54) is 0 Å². The maximum atomic E-state index is 13.3. The third kappa shape index (κ3) is 4.30. The van der Waals surface area contributed by atoms with Gasteiger partial charge in [-0.25, -0.2) is 4.98 Å². The number of halogens is 3. The van der Waals surface area contributed by atoms with Gasteiger partial charge in [-0.3, -0.25) is 0 Å². The zero-order valence-corrected chi connectivity index (χ0v) is 14.0. The minimum Gasteiger partial charge on any atom is -0.340 e. The van der Waals surface area contributed by atoms with Crippen molar-refractivity contribution in [3.8, 4) is 0 Å². The van der Waals surface area contributed by atoms with Gasteiger partial charge in [-0.2, -0.15) is 18.2 Å². The number of anilines is 4. The van der Waals surface area contributed by atoms with E-state index in [-0.39, 0.29) is 11.8 Å². The number of hydrogen-bond acceptors (Lipinski definition) is 4. The topological polar surface area (TPSA) is 49.8 Å². The molecule has 0 aliphatic carbocycles. The van der Waals surface area contributed by atoms with E-state index >= 15 is 0 Å². The largest absolute Gasteiger partial charge is 0.421 e. The minimum atomic E-state index is -4.56. The number of rotatable bonds is 5. The highest BCUT2D eigenvalue weighted by atomic mass is 19.4. The summed E-state index contributed by atoms with van der Waals surface area (Å²) in [6.45, 7) is 2.01. The number of nitrogens with zero attached hydrogens (tertiary/aromatic N) is 2. The lowest BCUT2D eigenvalue weighted by Crippen LogP contribution is -2.12. The fourth-order valence-electron chi connectivity index (χ4n) is 2.36. The third-order valence-electron chi connectivity index (χ3n) is 3.75. The summed E-state index contributed by atoms with van der Waals surface area (Å²) in [6.07, 6.45) is -2.93. The Morgan fingerprint density at radius 3 is 2.15 bits per heavy atom. The first-order valence-corrected chi connectivity index (χ1v) is 8.08. The molecule has 0 aliphatic rings. The summed E-state index contributed by atoms with van der Waals surface area (Å²) in [6, 6.07) is 16.2. The number of hydrogen-bond donors (Lipinski definition) is 2. The van der Waals surface area contributed by atoms with Crippen LogP contribution in [0.2, 0.25) is 0 Å². The lowest BCUT2D eigenvalue weighted by Gasteiger charge is -2.15. The van der Waals surface area contributed by atoms with Gasteiger partial charge in [0.05, 0.1) is 0 Å². The zero-order chi connectivity index (χ0) is 18.6. The molecule has 4 nitrogen and oxygen atoms in total. The second kappa shape index (κ2) is 7.43. The Labute approximate surface area is 149 Å². The maximum absolute atomic E-state index is 13.3. The highest BCUT2D eigenvalue weighted by Crippen LogP contribution is 2.35. The molecule has 2 aromatic carbocycles. The van der Waals surface area contributed by atoms with Gasteiger partial charge in [0.1, 0.15) is 11.4 Å². The standard InChI is InChI=1S/C19H17F3N4/c1-2-13-8-10-15(11-9-13)24-17-16(19(20,21)22)12-23-18(26-17)25-14-6-4-3-5-7-14/h3-12H,2H2,1H3,(H2,23,24,25,26). The predicted molar refractivity (Wildman–Crippen MR) is 95.9 cm³/mol. The van der Waals surface area contributed by atoms with Gasteiger partial charge in [-0.1, -0.05) is 37.3 Å². The van der Waals surface area contributed by atoms with Gasteiger partial charge in [0.25, 0.3) is 0 Å². The summed E-state index contributed by atoms with van der Waals surface area (Å²) >= 11 is 0. The number of alkyl halides is 3. The van der Waals surface area contributed by atoms with E-state index in [1.807, 2.05) is 25.1 Å². The first-order valence-electron chi connectivity index (χ1n) is 8.08. The van der Waals surface area contributed by atoms with Gasteiger partial charge in [0.15, 0.2) is 0 Å². The van der Waals surface area contributed by atoms with Crippen LogP contribution in [0.3, 0.4) is 0 Å². The van der Waals surface area contributed by atoms with Crippen molar-refractivity contribution in [2.45, 2.75) is 19.5 Å². The lowest BCUT2D eigenvalue weighted by atomic mass is 10.1. The van der Waals surface area contributed by atoms with Crippen molar-refractivity contribution in [3.05, 3.63) is 71.9 Å². The molecule has 0 spiro atoms. The minimum absolute atomic E-state index is 0.0804. The molecule has 0 unspecified atom stereocenters. The molecule has 134 valence electrons. The van der Waals surface area contributed by atoms with Crippen LogP contribution >= 0.6 is 0 Å². The quantitative estimate of drug-likeness (QED) is 0.628. The van der Waals surface area contributed by atoms with Crippen LogP contribution in [0.25, 0.3) is 0 Å². The summed E-state index contributed by atoms with van der Waals surface area (Å²) in [5.74, 6) is -0.216. The van der Waals surface area contributed by atoms with Gasteiger partial charge in [0.2, 0.25) is 5.95 Å². The normalized spacial score (nSPS) is 11.2. The SMILES string of the molecule is CCc1ccc(Nc2nc(Nc3ccccc3)ncc2C(F)(F)F)cc1. The molecule has 2 N–H and O–H groups in total. The molecule has 0 saturated carbocycles. The van der Waals surface area contributed by atoms with E-state index in [1.54, 1.807) is 36.4 Å². The molecule has 3 aromatic rings. The average Bonchev–Trinajstić information content (AvgIpc) is 2.62. The van der Waals surface area contributed by atoms with Gasteiger partial charge < -0.3 is 10.6 Å². The maximum Gasteiger partial charge on any atom is 0.421 e. The Bertz CT molecular complexity index is 862. The summed E-state index contributed by atoms with van der Waals surface area (Å²) in [5.41, 5.74) is 1.39. The number of nitrogens with one attached hydrogen (secondary N) is 2. The highest BCUT2D eigenvalue weighted by Gasteiger charge is 2.35. The Kier molecular flexibility index (Phi) is 5.06. The Hall–Kier alpha value is -3.09. The molecular formula is C19H17F3N4. The van der Waals surface area contributed by atoms with E-state index in [9.17, 15) is 13.2 Å². The fraction of sp³-hybridized carbons (Fsp3) is 0.158. The van der Waals surface area contributed by atoms with Crippen LogP contribution in [0.1, 0.15) is 18.1 Å². The Morgan fingerprint density at radius 1 is 0.885 bits per heavy atom. The molecule has 0 atom stereocenters. The van der Waals surface area contributed by atoms with E-state index < -0.39 is 11.7 Å². The summed E-state index contributed by atoms with van der Waals surface area (Å²) in [4.78, 5) is 7.81. The van der Waals surface area contributed by atoms with Crippen LogP contribution in [0.15, 0.2) is 60.8 Å². The van der Waals surface area contributed by atoms with Crippen molar-refractivity contribution in [3.63, 3.8) is 0 Å². The molecule has 0 bridgehead atoms. The molecular weight excluding hydrogens is 341 g/mol. The molecule has 0 radical (unpaired) electrons. The first-order chi connectivity index (χ1) is 12.5. The molecule has 0 saturated heterocycles. The lowest BCUT2D eigenvalue weighted by molar-refractivity contribution is -0.137. The second-order valence-electron chi connectivity index (χ2n) is 5.62. The van der Waals surface area contributed by atoms with Crippen molar-refractivity contribution in [1.82, 2.24) is 9.97 Å². The molecule has 3 rings (SSSR count). The van der Waals surface area contributed by atoms with Crippen molar-refractivity contribution in [2.24, 2.45) is 0 Å². The summed E-state index contributed by atoms with van der Waals surface area (Å²) in [7, 11) is 0. The van der Waals surface area contributed by atoms with Crippen molar-refractivity contribution in [2.75, 3.05) is 10.6 Å². The van der Waals surface area contributed by atoms with E-state index in [2.05, 4.69) is 20.6 Å². The van der Waals surface area contributed by atoms with E-state index in [0.29, 0.717) is 11.4 Å². The summed E-state index contributed by atoms with van der Waals surface area (Å²) in [5, 5.41) is 5.64. The molecule has 0 amide bonds. The number of aryl methyl sites for hydroxylation is 1. The zero-order valence-electron chi connectivity index (χ0n) is 14.0. The average molecular weight is 358 g/mol. The van der Waals surface area contributed by atoms with E-state index in [4.69, 9.17) is 0 Å². The molecule has 7 heteroatoms. The molecule has 0 fully saturated rings. The van der Waals surface area contributed by atoms with Crippen LogP contribution in [0.4, 0.5) is 36.3 Å². The van der Waals surface area contributed by atoms with Crippen molar-refractivity contribution >= 4 is 23.1 Å². The Morgan fingerprint density at radius 2 is 1.54 bits per heavy atom. The first kappa shape index (κ1) is 17.7. The van der Waals surface area contributed by atoms with Crippen LogP contribution < -0.4 is 10.6 Å². The fourth-order valence-corrected chi connectivity index (χ4v) is 2.36. The van der Waals surface area contributed by atoms with Crippen LogP contribution in [0, 0.1) is 0 Å². The molecule has 26 heavy (non-hydrogen) atoms. The monoisotopic (exact) mass is 358 g/mol. The molecule has 0 aliphatic heterocycles. The number of benzene rings is 2. The molecule has 1 aromatic heterocycles. The van der Waals surface area contributed by atoms with Crippen LogP contribution in [-0.2, 0) is 12.6 Å². The van der Waals surface area contributed by atoms with Gasteiger partial charge in [-0.15, -0.1) is 0 Å². The van der Waals surface area contributed by atoms with Crippen LogP contribution in [0.5, 0.6) is 0 Å². The number of aromatic nitrogens is 2. The van der Waals surface area contributed by atoms with Crippen LogP contribution in [-0.4, -0.2) is 9.97 Å². The smallest absolute Gasteiger partial charge is 0.340 e. The van der Waals surface area contributed by atoms with Gasteiger partial charge in [-0.05, 0) is 36.2 Å². The second-order valence-corrected chi connectivity index (χ2v) is 5.62. The number of para-hydroxylation sites is 1. The van der Waals surface area contributed by atoms with E-state index in [0.717, 1.165) is 18.2 Å². The van der Waals surface area contributed by atoms with Gasteiger partial charge >= 0.3 is 6.18 Å². The Balaban J connectivity index is 1.92. The summed E-state index contributed by atoms with van der Waals surface area (Å²) < 4.78 is 39.9. The third-order valence-corrected chi connectivity index (χ3v) is 3.75. The van der Waals surface area contributed by atoms with Gasteiger partial charge in [0, 0.05) is 17.6 Å². The van der Waals surface area contributed by atoms with Crippen molar-refractivity contribution < 1.29 is 13.2 Å². The van der Waals surface area contributed by atoms with Crippen molar-refractivity contribution in [1.29, 1.82) is 0 Å². The molecule has 1 heterocycles. The predicted octanol–water partition coefficient (Wildman–Crippen LogP) is 5.55. The highest BCUT2D eigenvalue weighted by molar-refractivity contribution is 5.63.